The number of para-hydroxylation sites is 1. The highest BCUT2D eigenvalue weighted by atomic mass is 16.5. The van der Waals surface area contributed by atoms with E-state index in [1.54, 1.807) is 26.2 Å². The number of nitrogens with one attached hydrogen (secondary N) is 1. The molecule has 4 aromatic rings. The Morgan fingerprint density at radius 1 is 0.971 bits per heavy atom. The lowest BCUT2D eigenvalue weighted by molar-refractivity contribution is -0.117. The summed E-state index contributed by atoms with van der Waals surface area (Å²) in [5, 5.41) is 4.90. The first-order valence-electron chi connectivity index (χ1n) is 11.3. The second kappa shape index (κ2) is 8.87. The van der Waals surface area contributed by atoms with Crippen LogP contribution in [0.1, 0.15) is 21.9 Å². The molecule has 2 aromatic carbocycles. The van der Waals surface area contributed by atoms with Gasteiger partial charge in [0.25, 0.3) is 5.91 Å². The summed E-state index contributed by atoms with van der Waals surface area (Å²) in [6, 6.07) is 13.3. The molecule has 0 aliphatic carbocycles. The number of amides is 2. The molecule has 8 nitrogen and oxygen atoms in total. The highest BCUT2D eigenvalue weighted by Crippen LogP contribution is 2.36. The summed E-state index contributed by atoms with van der Waals surface area (Å²) in [5.74, 6) is 1.78. The SMILES string of the molecule is COc1cc2c(cc1NC(=O)CN1CCN(C(=O)c3cc(C)oc3C)CC1)oc1ccccc12. The van der Waals surface area contributed by atoms with Crippen molar-refractivity contribution in [3.05, 3.63) is 59.5 Å². The Hall–Kier alpha value is -3.78. The van der Waals surface area contributed by atoms with Crippen LogP contribution in [0, 0.1) is 13.8 Å². The van der Waals surface area contributed by atoms with E-state index in [2.05, 4.69) is 5.32 Å². The number of carbonyl (C=O) groups is 2. The van der Waals surface area contributed by atoms with Crippen LogP contribution in [0.15, 0.2) is 51.3 Å². The third-order valence-electron chi connectivity index (χ3n) is 6.27. The van der Waals surface area contributed by atoms with E-state index in [0.29, 0.717) is 54.5 Å². The van der Waals surface area contributed by atoms with Crippen LogP contribution in [-0.4, -0.2) is 61.4 Å². The zero-order chi connectivity index (χ0) is 23.8. The van der Waals surface area contributed by atoms with Gasteiger partial charge in [0.15, 0.2) is 0 Å². The fourth-order valence-corrected chi connectivity index (χ4v) is 4.53. The minimum atomic E-state index is -0.144. The first kappa shape index (κ1) is 22.0. The Kier molecular flexibility index (Phi) is 5.75. The third kappa shape index (κ3) is 4.12. The molecule has 1 N–H and O–H groups in total. The number of methoxy groups -OCH3 is 1. The van der Waals surface area contributed by atoms with Crippen molar-refractivity contribution in [1.82, 2.24) is 9.80 Å². The Morgan fingerprint density at radius 2 is 1.74 bits per heavy atom. The van der Waals surface area contributed by atoms with Gasteiger partial charge in [-0.1, -0.05) is 18.2 Å². The van der Waals surface area contributed by atoms with Gasteiger partial charge in [0, 0.05) is 43.0 Å². The molecule has 0 spiro atoms. The van der Waals surface area contributed by atoms with Crippen molar-refractivity contribution < 1.29 is 23.2 Å². The summed E-state index contributed by atoms with van der Waals surface area (Å²) in [6.07, 6.45) is 0. The summed E-state index contributed by atoms with van der Waals surface area (Å²) >= 11 is 0. The van der Waals surface area contributed by atoms with Crippen molar-refractivity contribution in [1.29, 1.82) is 0 Å². The number of fused-ring (bicyclic) bond motifs is 3. The topological polar surface area (TPSA) is 88.2 Å². The number of nitrogens with zero attached hydrogens (tertiary/aromatic N) is 2. The van der Waals surface area contributed by atoms with Gasteiger partial charge in [-0.2, -0.15) is 0 Å². The minimum Gasteiger partial charge on any atom is -0.495 e. The van der Waals surface area contributed by atoms with Gasteiger partial charge in [-0.15, -0.1) is 0 Å². The number of hydrogen-bond donors (Lipinski definition) is 1. The quantitative estimate of drug-likeness (QED) is 0.479. The van der Waals surface area contributed by atoms with Gasteiger partial charge >= 0.3 is 0 Å². The van der Waals surface area contributed by atoms with Crippen LogP contribution in [0.5, 0.6) is 5.75 Å². The highest BCUT2D eigenvalue weighted by molar-refractivity contribution is 6.07. The average molecular weight is 462 g/mol. The number of furan rings is 2. The van der Waals surface area contributed by atoms with Crippen molar-refractivity contribution >= 4 is 39.4 Å². The highest BCUT2D eigenvalue weighted by Gasteiger charge is 2.26. The van der Waals surface area contributed by atoms with Gasteiger partial charge in [-0.25, -0.2) is 0 Å². The number of piperazine rings is 1. The number of rotatable bonds is 5. The molecular weight excluding hydrogens is 434 g/mol. The molecule has 0 bridgehead atoms. The molecular formula is C26H27N3O5. The summed E-state index contributed by atoms with van der Waals surface area (Å²) in [4.78, 5) is 29.5. The molecule has 2 amide bonds. The maximum Gasteiger partial charge on any atom is 0.257 e. The zero-order valence-electron chi connectivity index (χ0n) is 19.5. The third-order valence-corrected chi connectivity index (χ3v) is 6.27. The van der Waals surface area contributed by atoms with Crippen LogP contribution >= 0.6 is 0 Å². The predicted molar refractivity (Wildman–Crippen MR) is 129 cm³/mol. The molecule has 176 valence electrons. The minimum absolute atomic E-state index is 0.0256. The van der Waals surface area contributed by atoms with Gasteiger partial charge in [-0.05, 0) is 32.0 Å². The molecule has 8 heteroatoms. The monoisotopic (exact) mass is 461 g/mol. The van der Waals surface area contributed by atoms with Crippen molar-refractivity contribution in [2.24, 2.45) is 0 Å². The van der Waals surface area contributed by atoms with Crippen LogP contribution in [0.4, 0.5) is 5.69 Å². The standard InChI is InChI=1S/C26H27N3O5/c1-16-12-19(17(2)33-16)26(31)29-10-8-28(9-11-29)15-25(30)27-21-14-23-20(13-24(21)32-3)18-6-4-5-7-22(18)34-23/h4-7,12-14H,8-11,15H2,1-3H3,(H,27,30). The molecule has 1 aliphatic heterocycles. The molecule has 0 saturated carbocycles. The van der Waals surface area contributed by atoms with Crippen LogP contribution in [0.3, 0.4) is 0 Å². The second-order valence-corrected chi connectivity index (χ2v) is 8.59. The second-order valence-electron chi connectivity index (χ2n) is 8.59. The number of ether oxygens (including phenoxy) is 1. The number of carbonyl (C=O) groups excluding carboxylic acids is 2. The lowest BCUT2D eigenvalue weighted by Gasteiger charge is -2.34. The van der Waals surface area contributed by atoms with E-state index in [4.69, 9.17) is 13.6 Å². The van der Waals surface area contributed by atoms with E-state index < -0.39 is 0 Å². The summed E-state index contributed by atoms with van der Waals surface area (Å²) in [7, 11) is 1.58. The van der Waals surface area contributed by atoms with Crippen LogP contribution in [-0.2, 0) is 4.79 Å². The molecule has 34 heavy (non-hydrogen) atoms. The lowest BCUT2D eigenvalue weighted by Crippen LogP contribution is -2.50. The van der Waals surface area contributed by atoms with Gasteiger partial charge < -0.3 is 23.8 Å². The van der Waals surface area contributed by atoms with Gasteiger partial charge in [0.2, 0.25) is 5.91 Å². The molecule has 3 heterocycles. The Labute approximate surface area is 197 Å². The van der Waals surface area contributed by atoms with Crippen molar-refractivity contribution in [2.45, 2.75) is 13.8 Å². The van der Waals surface area contributed by atoms with Crippen LogP contribution in [0.2, 0.25) is 0 Å². The van der Waals surface area contributed by atoms with Crippen molar-refractivity contribution in [2.75, 3.05) is 45.2 Å². The van der Waals surface area contributed by atoms with Gasteiger partial charge in [0.1, 0.15) is 28.4 Å². The molecule has 0 radical (unpaired) electrons. The summed E-state index contributed by atoms with van der Waals surface area (Å²) in [5.41, 5.74) is 2.65. The number of hydrogen-bond acceptors (Lipinski definition) is 6. The molecule has 5 rings (SSSR count). The number of aryl methyl sites for hydroxylation is 2. The fourth-order valence-electron chi connectivity index (χ4n) is 4.53. The van der Waals surface area contributed by atoms with E-state index in [1.165, 1.54) is 0 Å². The van der Waals surface area contributed by atoms with E-state index in [-0.39, 0.29) is 18.4 Å². The molecule has 0 atom stereocenters. The fraction of sp³-hybridized carbons (Fsp3) is 0.308. The molecule has 1 saturated heterocycles. The number of anilines is 1. The molecule has 1 aliphatic rings. The normalized spacial score (nSPS) is 14.6. The number of benzene rings is 2. The lowest BCUT2D eigenvalue weighted by atomic mass is 10.1. The smallest absolute Gasteiger partial charge is 0.257 e. The Bertz CT molecular complexity index is 1380. The summed E-state index contributed by atoms with van der Waals surface area (Å²) < 4.78 is 17.0. The predicted octanol–water partition coefficient (Wildman–Crippen LogP) is 4.20. The Balaban J connectivity index is 1.23. The average Bonchev–Trinajstić information content (AvgIpc) is 3.36. The first-order valence-corrected chi connectivity index (χ1v) is 11.3. The van der Waals surface area contributed by atoms with Crippen molar-refractivity contribution in [3.8, 4) is 5.75 Å². The molecule has 2 aromatic heterocycles. The maximum atomic E-state index is 12.8. The van der Waals surface area contributed by atoms with E-state index >= 15 is 0 Å². The van der Waals surface area contributed by atoms with Crippen LogP contribution in [0.25, 0.3) is 21.9 Å². The summed E-state index contributed by atoms with van der Waals surface area (Å²) in [6.45, 7) is 6.23. The van der Waals surface area contributed by atoms with Crippen LogP contribution < -0.4 is 10.1 Å². The van der Waals surface area contributed by atoms with Crippen molar-refractivity contribution in [3.63, 3.8) is 0 Å². The Morgan fingerprint density at radius 3 is 2.44 bits per heavy atom. The largest absolute Gasteiger partial charge is 0.495 e. The maximum absolute atomic E-state index is 12.8. The van der Waals surface area contributed by atoms with Gasteiger partial charge in [0.05, 0.1) is 24.9 Å². The molecule has 1 fully saturated rings. The zero-order valence-corrected chi connectivity index (χ0v) is 19.5. The van der Waals surface area contributed by atoms with Gasteiger partial charge in [-0.3, -0.25) is 14.5 Å². The van der Waals surface area contributed by atoms with E-state index in [0.717, 1.165) is 22.1 Å². The van der Waals surface area contributed by atoms with E-state index in [1.807, 2.05) is 47.1 Å². The van der Waals surface area contributed by atoms with E-state index in [9.17, 15) is 9.59 Å². The first-order chi connectivity index (χ1) is 16.4. The molecule has 0 unspecified atom stereocenters.